The van der Waals surface area contributed by atoms with Crippen LogP contribution in [0.15, 0.2) is 60.7 Å². The van der Waals surface area contributed by atoms with Crippen LogP contribution in [0.25, 0.3) is 0 Å². The van der Waals surface area contributed by atoms with Gasteiger partial charge in [-0.25, -0.2) is 0 Å². The number of benzene rings is 2. The second-order valence-electron chi connectivity index (χ2n) is 6.13. The maximum Gasteiger partial charge on any atom is 0.223 e. The Morgan fingerprint density at radius 1 is 1.04 bits per heavy atom. The lowest BCUT2D eigenvalue weighted by Gasteiger charge is -2.37. The van der Waals surface area contributed by atoms with Gasteiger partial charge in [-0.3, -0.25) is 4.79 Å². The van der Waals surface area contributed by atoms with Crippen LogP contribution < -0.4 is 0 Å². The molecule has 3 rings (SSSR count). The average Bonchev–Trinajstić information content (AvgIpc) is 2.61. The van der Waals surface area contributed by atoms with E-state index in [-0.39, 0.29) is 18.1 Å². The van der Waals surface area contributed by atoms with E-state index in [0.717, 1.165) is 12.0 Å². The highest BCUT2D eigenvalue weighted by Gasteiger charge is 2.28. The summed E-state index contributed by atoms with van der Waals surface area (Å²) in [4.78, 5) is 14.5. The van der Waals surface area contributed by atoms with Gasteiger partial charge in [0, 0.05) is 13.0 Å². The van der Waals surface area contributed by atoms with Gasteiger partial charge >= 0.3 is 0 Å². The third-order valence-electron chi connectivity index (χ3n) is 4.25. The first kappa shape index (κ1) is 15.8. The number of rotatable bonds is 4. The number of ether oxygens (including phenoxy) is 1. The summed E-state index contributed by atoms with van der Waals surface area (Å²) in [7, 11) is 0. The molecule has 1 saturated heterocycles. The molecule has 2 unspecified atom stereocenters. The molecule has 0 bridgehead atoms. The van der Waals surface area contributed by atoms with E-state index in [2.05, 4.69) is 24.3 Å². The summed E-state index contributed by atoms with van der Waals surface area (Å²) < 4.78 is 6.02. The normalized spacial score (nSPS) is 21.2. The molecule has 23 heavy (non-hydrogen) atoms. The first-order valence-electron chi connectivity index (χ1n) is 8.24. The van der Waals surface area contributed by atoms with Gasteiger partial charge in [0.15, 0.2) is 0 Å². The van der Waals surface area contributed by atoms with Gasteiger partial charge in [0.1, 0.15) is 6.10 Å². The maximum absolute atomic E-state index is 12.6. The van der Waals surface area contributed by atoms with E-state index in [1.54, 1.807) is 0 Å². The second-order valence-corrected chi connectivity index (χ2v) is 6.13. The van der Waals surface area contributed by atoms with Gasteiger partial charge in [-0.15, -0.1) is 0 Å². The van der Waals surface area contributed by atoms with Gasteiger partial charge in [0.05, 0.1) is 12.6 Å². The van der Waals surface area contributed by atoms with E-state index in [9.17, 15) is 4.79 Å². The lowest BCUT2D eigenvalue weighted by atomic mass is 10.1. The van der Waals surface area contributed by atoms with Gasteiger partial charge < -0.3 is 9.64 Å². The Morgan fingerprint density at radius 2 is 1.70 bits per heavy atom. The van der Waals surface area contributed by atoms with Crippen LogP contribution in [-0.2, 0) is 16.0 Å². The first-order chi connectivity index (χ1) is 11.2. The number of hydrogen-bond acceptors (Lipinski definition) is 2. The van der Waals surface area contributed by atoms with Crippen molar-refractivity contribution in [2.24, 2.45) is 0 Å². The lowest BCUT2D eigenvalue weighted by molar-refractivity contribution is -0.144. The van der Waals surface area contributed by atoms with Crippen LogP contribution in [0, 0.1) is 0 Å². The number of amides is 1. The minimum Gasteiger partial charge on any atom is -0.367 e. The van der Waals surface area contributed by atoms with Gasteiger partial charge in [-0.2, -0.15) is 0 Å². The molecule has 0 saturated carbocycles. The Labute approximate surface area is 137 Å². The fourth-order valence-corrected chi connectivity index (χ4v) is 3.06. The molecule has 0 aromatic heterocycles. The molecule has 2 aromatic carbocycles. The largest absolute Gasteiger partial charge is 0.367 e. The Balaban J connectivity index is 1.61. The standard InChI is InChI=1S/C20H23NO2/c1-16-14-21(15-19(23-16)18-10-6-3-7-11-18)20(22)13-12-17-8-4-2-5-9-17/h2-11,16,19H,12-15H2,1H3. The molecule has 2 aromatic rings. The van der Waals surface area contributed by atoms with Crippen LogP contribution in [0.5, 0.6) is 0 Å². The zero-order valence-electron chi connectivity index (χ0n) is 13.5. The number of morpholine rings is 1. The van der Waals surface area contributed by atoms with E-state index in [1.807, 2.05) is 48.2 Å². The summed E-state index contributed by atoms with van der Waals surface area (Å²) in [6.45, 7) is 3.35. The van der Waals surface area contributed by atoms with Crippen molar-refractivity contribution >= 4 is 5.91 Å². The SMILES string of the molecule is CC1CN(C(=O)CCc2ccccc2)CC(c2ccccc2)O1. The number of aryl methyl sites for hydroxylation is 1. The van der Waals surface area contributed by atoms with Gasteiger partial charge in [0.25, 0.3) is 0 Å². The summed E-state index contributed by atoms with van der Waals surface area (Å²) in [6.07, 6.45) is 1.38. The smallest absolute Gasteiger partial charge is 0.223 e. The maximum atomic E-state index is 12.6. The van der Waals surface area contributed by atoms with E-state index in [1.165, 1.54) is 5.56 Å². The second kappa shape index (κ2) is 7.42. The molecular weight excluding hydrogens is 286 g/mol. The fraction of sp³-hybridized carbons (Fsp3) is 0.350. The van der Waals surface area contributed by atoms with Crippen LogP contribution in [0.2, 0.25) is 0 Å². The molecular formula is C20H23NO2. The van der Waals surface area contributed by atoms with Crippen LogP contribution in [0.1, 0.15) is 30.6 Å². The molecule has 1 amide bonds. The van der Waals surface area contributed by atoms with Crippen LogP contribution >= 0.6 is 0 Å². The molecule has 2 atom stereocenters. The summed E-state index contributed by atoms with van der Waals surface area (Å²) in [5, 5.41) is 0. The summed E-state index contributed by atoms with van der Waals surface area (Å²) >= 11 is 0. The van der Waals surface area contributed by atoms with Crippen molar-refractivity contribution in [3.8, 4) is 0 Å². The molecule has 1 aliphatic heterocycles. The highest BCUT2D eigenvalue weighted by atomic mass is 16.5. The molecule has 3 nitrogen and oxygen atoms in total. The predicted molar refractivity (Wildman–Crippen MR) is 91.1 cm³/mol. The molecule has 120 valence electrons. The van der Waals surface area contributed by atoms with Gasteiger partial charge in [-0.05, 0) is 24.5 Å². The number of hydrogen-bond donors (Lipinski definition) is 0. The average molecular weight is 309 g/mol. The minimum atomic E-state index is -0.0272. The van der Waals surface area contributed by atoms with E-state index in [0.29, 0.717) is 19.5 Å². The summed E-state index contributed by atoms with van der Waals surface area (Å²) in [5.41, 5.74) is 2.35. The van der Waals surface area contributed by atoms with Crippen molar-refractivity contribution in [3.63, 3.8) is 0 Å². The number of nitrogens with zero attached hydrogens (tertiary/aromatic N) is 1. The fourth-order valence-electron chi connectivity index (χ4n) is 3.06. The van der Waals surface area contributed by atoms with Crippen molar-refractivity contribution in [1.29, 1.82) is 0 Å². The van der Waals surface area contributed by atoms with E-state index < -0.39 is 0 Å². The summed E-state index contributed by atoms with van der Waals surface area (Å²) in [6, 6.07) is 20.3. The van der Waals surface area contributed by atoms with Crippen LogP contribution in [0.3, 0.4) is 0 Å². The van der Waals surface area contributed by atoms with Crippen molar-refractivity contribution in [1.82, 2.24) is 4.90 Å². The zero-order valence-corrected chi connectivity index (χ0v) is 13.5. The van der Waals surface area contributed by atoms with Crippen molar-refractivity contribution in [2.75, 3.05) is 13.1 Å². The first-order valence-corrected chi connectivity index (χ1v) is 8.24. The van der Waals surface area contributed by atoms with Crippen LogP contribution in [0.4, 0.5) is 0 Å². The third-order valence-corrected chi connectivity index (χ3v) is 4.25. The minimum absolute atomic E-state index is 0.0272. The number of carbonyl (C=O) groups excluding carboxylic acids is 1. The molecule has 0 aliphatic carbocycles. The van der Waals surface area contributed by atoms with E-state index in [4.69, 9.17) is 4.74 Å². The highest BCUT2D eigenvalue weighted by molar-refractivity contribution is 5.76. The Morgan fingerprint density at radius 3 is 2.39 bits per heavy atom. The molecule has 1 aliphatic rings. The van der Waals surface area contributed by atoms with Crippen LogP contribution in [-0.4, -0.2) is 30.0 Å². The molecule has 0 radical (unpaired) electrons. The quantitative estimate of drug-likeness (QED) is 0.863. The van der Waals surface area contributed by atoms with Crippen molar-refractivity contribution in [3.05, 3.63) is 71.8 Å². The van der Waals surface area contributed by atoms with Gasteiger partial charge in [0.2, 0.25) is 5.91 Å². The molecule has 0 spiro atoms. The number of carbonyl (C=O) groups is 1. The Hall–Kier alpha value is -2.13. The molecule has 1 fully saturated rings. The molecule has 3 heteroatoms. The highest BCUT2D eigenvalue weighted by Crippen LogP contribution is 2.25. The lowest BCUT2D eigenvalue weighted by Crippen LogP contribution is -2.46. The molecule has 0 N–H and O–H groups in total. The zero-order chi connectivity index (χ0) is 16.1. The Bertz CT molecular complexity index is 627. The van der Waals surface area contributed by atoms with Crippen molar-refractivity contribution < 1.29 is 9.53 Å². The van der Waals surface area contributed by atoms with Crippen molar-refractivity contribution in [2.45, 2.75) is 32.0 Å². The third kappa shape index (κ3) is 4.20. The van der Waals surface area contributed by atoms with E-state index >= 15 is 0 Å². The Kier molecular flexibility index (Phi) is 5.09. The molecule has 1 heterocycles. The monoisotopic (exact) mass is 309 g/mol. The van der Waals surface area contributed by atoms with Gasteiger partial charge in [-0.1, -0.05) is 60.7 Å². The predicted octanol–water partition coefficient (Wildman–Crippen LogP) is 3.61. The summed E-state index contributed by atoms with van der Waals surface area (Å²) in [5.74, 6) is 0.213. The topological polar surface area (TPSA) is 29.5 Å².